The number of benzene rings is 1. The molecule has 0 heterocycles. The molecule has 1 aromatic rings. The number of methoxy groups -OCH3 is 2. The van der Waals surface area contributed by atoms with Gasteiger partial charge in [-0.25, -0.2) is 0 Å². The highest BCUT2D eigenvalue weighted by atomic mass is 16.5. The summed E-state index contributed by atoms with van der Waals surface area (Å²) in [6.07, 6.45) is 2.67. The molecule has 1 saturated carbocycles. The predicted octanol–water partition coefficient (Wildman–Crippen LogP) is 3.67. The summed E-state index contributed by atoms with van der Waals surface area (Å²) >= 11 is 0. The molecule has 1 aliphatic rings. The van der Waals surface area contributed by atoms with Crippen molar-refractivity contribution in [3.8, 4) is 11.5 Å². The molecule has 0 radical (unpaired) electrons. The van der Waals surface area contributed by atoms with Crippen molar-refractivity contribution in [2.24, 2.45) is 5.41 Å². The zero-order valence-electron chi connectivity index (χ0n) is 13.2. The van der Waals surface area contributed by atoms with Crippen molar-refractivity contribution in [2.45, 2.75) is 52.1 Å². The molecule has 112 valence electrons. The minimum Gasteiger partial charge on any atom is -0.493 e. The van der Waals surface area contributed by atoms with E-state index in [-0.39, 0.29) is 11.5 Å². The Bertz CT molecular complexity index is 477. The summed E-state index contributed by atoms with van der Waals surface area (Å²) < 4.78 is 10.8. The van der Waals surface area contributed by atoms with E-state index in [9.17, 15) is 5.11 Å². The van der Waals surface area contributed by atoms with E-state index in [2.05, 4.69) is 26.8 Å². The first kappa shape index (κ1) is 15.2. The van der Waals surface area contributed by atoms with E-state index in [1.54, 1.807) is 14.2 Å². The first-order valence-corrected chi connectivity index (χ1v) is 7.44. The van der Waals surface area contributed by atoms with Crippen molar-refractivity contribution in [3.05, 3.63) is 23.3 Å². The molecule has 3 heteroatoms. The van der Waals surface area contributed by atoms with Gasteiger partial charge in [-0.2, -0.15) is 0 Å². The normalized spacial score (nSPS) is 24.1. The molecule has 0 amide bonds. The number of rotatable bonds is 5. The van der Waals surface area contributed by atoms with Crippen LogP contribution in [0.4, 0.5) is 0 Å². The molecule has 0 aliphatic heterocycles. The van der Waals surface area contributed by atoms with E-state index in [4.69, 9.17) is 9.47 Å². The Morgan fingerprint density at radius 1 is 1.15 bits per heavy atom. The largest absolute Gasteiger partial charge is 0.493 e. The van der Waals surface area contributed by atoms with Crippen LogP contribution in [-0.4, -0.2) is 25.4 Å². The lowest BCUT2D eigenvalue weighted by molar-refractivity contribution is -0.0934. The van der Waals surface area contributed by atoms with Crippen molar-refractivity contribution in [3.63, 3.8) is 0 Å². The van der Waals surface area contributed by atoms with Gasteiger partial charge in [-0.05, 0) is 55.4 Å². The van der Waals surface area contributed by atoms with Gasteiger partial charge in [0.05, 0.1) is 20.3 Å². The second kappa shape index (κ2) is 5.65. The van der Waals surface area contributed by atoms with E-state index >= 15 is 0 Å². The monoisotopic (exact) mass is 278 g/mol. The molecule has 0 aromatic heterocycles. The third kappa shape index (κ3) is 2.08. The topological polar surface area (TPSA) is 38.7 Å². The van der Waals surface area contributed by atoms with E-state index in [0.717, 1.165) is 30.8 Å². The van der Waals surface area contributed by atoms with Gasteiger partial charge in [-0.1, -0.05) is 13.8 Å². The van der Waals surface area contributed by atoms with Gasteiger partial charge in [-0.15, -0.1) is 0 Å². The Morgan fingerprint density at radius 3 is 2.15 bits per heavy atom. The maximum atomic E-state index is 10.3. The van der Waals surface area contributed by atoms with Gasteiger partial charge in [0.1, 0.15) is 0 Å². The fourth-order valence-corrected chi connectivity index (χ4v) is 3.79. The minimum atomic E-state index is -0.185. The summed E-state index contributed by atoms with van der Waals surface area (Å²) in [5.41, 5.74) is 2.52. The van der Waals surface area contributed by atoms with Gasteiger partial charge >= 0.3 is 0 Å². The van der Waals surface area contributed by atoms with Gasteiger partial charge in [0.25, 0.3) is 0 Å². The fraction of sp³-hybridized carbons (Fsp3) is 0.647. The van der Waals surface area contributed by atoms with Gasteiger partial charge in [0.15, 0.2) is 11.5 Å². The number of hydrogen-bond acceptors (Lipinski definition) is 3. The van der Waals surface area contributed by atoms with Crippen molar-refractivity contribution in [1.82, 2.24) is 0 Å². The lowest BCUT2D eigenvalue weighted by Crippen LogP contribution is -2.51. The predicted molar refractivity (Wildman–Crippen MR) is 80.7 cm³/mol. The van der Waals surface area contributed by atoms with Gasteiger partial charge in [0, 0.05) is 5.41 Å². The van der Waals surface area contributed by atoms with Crippen LogP contribution in [0, 0.1) is 12.3 Å². The molecule has 0 saturated heterocycles. The Morgan fingerprint density at radius 2 is 1.70 bits per heavy atom. The van der Waals surface area contributed by atoms with Gasteiger partial charge < -0.3 is 14.6 Å². The maximum absolute atomic E-state index is 10.3. The number of aliphatic hydroxyl groups excluding tert-OH is 1. The second-order valence-corrected chi connectivity index (χ2v) is 5.81. The highest BCUT2D eigenvalue weighted by Crippen LogP contribution is 2.58. The molecule has 1 aromatic carbocycles. The van der Waals surface area contributed by atoms with Crippen LogP contribution in [0.3, 0.4) is 0 Å². The highest BCUT2D eigenvalue weighted by molar-refractivity contribution is 5.49. The maximum Gasteiger partial charge on any atom is 0.161 e. The highest BCUT2D eigenvalue weighted by Gasteiger charge is 2.52. The van der Waals surface area contributed by atoms with E-state index in [1.165, 1.54) is 11.1 Å². The Kier molecular flexibility index (Phi) is 4.28. The molecule has 2 unspecified atom stereocenters. The Labute approximate surface area is 121 Å². The van der Waals surface area contributed by atoms with Crippen LogP contribution in [0.15, 0.2) is 12.1 Å². The third-order valence-corrected chi connectivity index (χ3v) is 5.28. The molecule has 2 atom stereocenters. The second-order valence-electron chi connectivity index (χ2n) is 5.81. The molecule has 20 heavy (non-hydrogen) atoms. The summed E-state index contributed by atoms with van der Waals surface area (Å²) in [6.45, 7) is 6.46. The van der Waals surface area contributed by atoms with Crippen molar-refractivity contribution < 1.29 is 14.6 Å². The summed E-state index contributed by atoms with van der Waals surface area (Å²) in [5.74, 6) is 1.95. The van der Waals surface area contributed by atoms with Crippen LogP contribution < -0.4 is 9.47 Å². The number of hydrogen-bond donors (Lipinski definition) is 1. The van der Waals surface area contributed by atoms with Gasteiger partial charge in [0.2, 0.25) is 0 Å². The lowest BCUT2D eigenvalue weighted by atomic mass is 9.52. The molecule has 1 aliphatic carbocycles. The average molecular weight is 278 g/mol. The quantitative estimate of drug-likeness (QED) is 0.893. The number of aryl methyl sites for hydroxylation is 1. The lowest BCUT2D eigenvalue weighted by Gasteiger charge is -2.54. The van der Waals surface area contributed by atoms with Crippen LogP contribution >= 0.6 is 0 Å². The molecular weight excluding hydrogens is 252 g/mol. The summed E-state index contributed by atoms with van der Waals surface area (Å²) in [7, 11) is 3.33. The van der Waals surface area contributed by atoms with Crippen molar-refractivity contribution >= 4 is 0 Å². The number of ether oxygens (including phenoxy) is 2. The standard InChI is InChI=1S/C17H26O3/c1-6-17(7-2)13(10-16(17)18)12-9-15(20-5)14(19-4)8-11(12)3/h8-9,13,16,18H,6-7,10H2,1-5H3. The average Bonchev–Trinajstić information content (AvgIpc) is 2.46. The summed E-state index contributed by atoms with van der Waals surface area (Å²) in [5, 5.41) is 10.3. The molecular formula is C17H26O3. The van der Waals surface area contributed by atoms with Crippen molar-refractivity contribution in [1.29, 1.82) is 0 Å². The molecule has 2 rings (SSSR count). The molecule has 3 nitrogen and oxygen atoms in total. The van der Waals surface area contributed by atoms with Crippen LogP contribution in [-0.2, 0) is 0 Å². The number of aliphatic hydroxyl groups is 1. The zero-order chi connectivity index (χ0) is 14.9. The zero-order valence-corrected chi connectivity index (χ0v) is 13.2. The van der Waals surface area contributed by atoms with Gasteiger partial charge in [-0.3, -0.25) is 0 Å². The van der Waals surface area contributed by atoms with E-state index in [0.29, 0.717) is 5.92 Å². The van der Waals surface area contributed by atoms with Crippen LogP contribution in [0.1, 0.15) is 50.2 Å². The molecule has 1 fully saturated rings. The SMILES string of the molecule is CCC1(CC)C(O)CC1c1cc(OC)c(OC)cc1C. The van der Waals surface area contributed by atoms with Crippen LogP contribution in [0.5, 0.6) is 11.5 Å². The first-order valence-electron chi connectivity index (χ1n) is 7.44. The summed E-state index contributed by atoms with van der Waals surface area (Å²) in [6, 6.07) is 4.12. The van der Waals surface area contributed by atoms with Crippen LogP contribution in [0.25, 0.3) is 0 Å². The van der Waals surface area contributed by atoms with E-state index in [1.807, 2.05) is 6.07 Å². The smallest absolute Gasteiger partial charge is 0.161 e. The van der Waals surface area contributed by atoms with Crippen molar-refractivity contribution in [2.75, 3.05) is 14.2 Å². The van der Waals surface area contributed by atoms with E-state index < -0.39 is 0 Å². The first-order chi connectivity index (χ1) is 9.53. The molecule has 1 N–H and O–H groups in total. The molecule has 0 spiro atoms. The fourth-order valence-electron chi connectivity index (χ4n) is 3.79. The Balaban J connectivity index is 2.43. The minimum absolute atomic E-state index is 0.0182. The van der Waals surface area contributed by atoms with Crippen LogP contribution in [0.2, 0.25) is 0 Å². The molecule has 0 bridgehead atoms. The Hall–Kier alpha value is -1.22. The third-order valence-electron chi connectivity index (χ3n) is 5.28. The summed E-state index contributed by atoms with van der Waals surface area (Å²) in [4.78, 5) is 0.